The fourth-order valence-corrected chi connectivity index (χ4v) is 2.14. The lowest BCUT2D eigenvalue weighted by molar-refractivity contribution is 0.0697. The number of nitrogens with two attached hydrogens (primary N) is 1. The monoisotopic (exact) mass is 275 g/mol. The predicted octanol–water partition coefficient (Wildman–Crippen LogP) is 3.48. The SMILES string of the molecule is CSc1ccccc1Oc1ccc(N)c(C(=O)O)c1. The van der Waals surface area contributed by atoms with Gasteiger partial charge in [0, 0.05) is 10.6 Å². The zero-order chi connectivity index (χ0) is 13.8. The van der Waals surface area contributed by atoms with Gasteiger partial charge in [-0.05, 0) is 36.6 Å². The smallest absolute Gasteiger partial charge is 0.337 e. The lowest BCUT2D eigenvalue weighted by Crippen LogP contribution is -2.02. The second-order valence-electron chi connectivity index (χ2n) is 3.81. The Morgan fingerprint density at radius 1 is 1.26 bits per heavy atom. The van der Waals surface area contributed by atoms with E-state index in [-0.39, 0.29) is 11.3 Å². The second kappa shape index (κ2) is 5.67. The first kappa shape index (κ1) is 13.3. The third-order valence-corrected chi connectivity index (χ3v) is 3.33. The number of hydrogen-bond acceptors (Lipinski definition) is 4. The van der Waals surface area contributed by atoms with Crippen molar-refractivity contribution in [1.29, 1.82) is 0 Å². The van der Waals surface area contributed by atoms with E-state index in [0.717, 1.165) is 4.90 Å². The quantitative estimate of drug-likeness (QED) is 0.660. The fraction of sp³-hybridized carbons (Fsp3) is 0.0714. The average Bonchev–Trinajstić information content (AvgIpc) is 2.41. The Morgan fingerprint density at radius 2 is 2.00 bits per heavy atom. The summed E-state index contributed by atoms with van der Waals surface area (Å²) in [5.41, 5.74) is 5.86. The summed E-state index contributed by atoms with van der Waals surface area (Å²) in [5.74, 6) is 0.0744. The van der Waals surface area contributed by atoms with Crippen molar-refractivity contribution in [2.75, 3.05) is 12.0 Å². The van der Waals surface area contributed by atoms with Gasteiger partial charge in [-0.1, -0.05) is 12.1 Å². The molecule has 4 nitrogen and oxygen atoms in total. The molecule has 0 aliphatic carbocycles. The number of carboxylic acids is 1. The van der Waals surface area contributed by atoms with Gasteiger partial charge in [0.2, 0.25) is 0 Å². The maximum absolute atomic E-state index is 11.0. The summed E-state index contributed by atoms with van der Waals surface area (Å²) in [6.45, 7) is 0. The van der Waals surface area contributed by atoms with Crippen LogP contribution in [0.1, 0.15) is 10.4 Å². The molecule has 0 atom stereocenters. The molecule has 3 N–H and O–H groups in total. The van der Waals surface area contributed by atoms with Gasteiger partial charge in [-0.15, -0.1) is 11.8 Å². The average molecular weight is 275 g/mol. The zero-order valence-electron chi connectivity index (χ0n) is 10.3. The van der Waals surface area contributed by atoms with Crippen molar-refractivity contribution in [3.8, 4) is 11.5 Å². The summed E-state index contributed by atoms with van der Waals surface area (Å²) in [6.07, 6.45) is 1.95. The standard InChI is InChI=1S/C14H13NO3S/c1-19-13-5-3-2-4-12(13)18-9-6-7-11(15)10(8-9)14(16)17/h2-8H,15H2,1H3,(H,16,17). The van der Waals surface area contributed by atoms with E-state index in [1.54, 1.807) is 17.8 Å². The molecule has 0 saturated carbocycles. The summed E-state index contributed by atoms with van der Waals surface area (Å²) in [6, 6.07) is 12.2. The van der Waals surface area contributed by atoms with Gasteiger partial charge in [-0.2, -0.15) is 0 Å². The molecule has 2 aromatic rings. The van der Waals surface area contributed by atoms with E-state index in [0.29, 0.717) is 11.5 Å². The summed E-state index contributed by atoms with van der Waals surface area (Å²) in [4.78, 5) is 12.0. The molecule has 0 heterocycles. The van der Waals surface area contributed by atoms with Crippen LogP contribution in [0.3, 0.4) is 0 Å². The van der Waals surface area contributed by atoms with E-state index >= 15 is 0 Å². The second-order valence-corrected chi connectivity index (χ2v) is 4.66. The molecule has 98 valence electrons. The van der Waals surface area contributed by atoms with Crippen molar-refractivity contribution in [3.63, 3.8) is 0 Å². The minimum atomic E-state index is -1.07. The van der Waals surface area contributed by atoms with Crippen LogP contribution < -0.4 is 10.5 Å². The lowest BCUT2D eigenvalue weighted by atomic mass is 10.2. The van der Waals surface area contributed by atoms with Crippen LogP contribution in [0.25, 0.3) is 0 Å². The molecule has 0 fully saturated rings. The molecule has 2 rings (SSSR count). The molecule has 0 spiro atoms. The molecule has 2 aromatic carbocycles. The van der Waals surface area contributed by atoms with Crippen molar-refractivity contribution < 1.29 is 14.6 Å². The van der Waals surface area contributed by atoms with Gasteiger partial charge in [0.15, 0.2) is 0 Å². The number of rotatable bonds is 4. The first-order chi connectivity index (χ1) is 9.11. The molecule has 0 aliphatic heterocycles. The number of benzene rings is 2. The molecule has 0 radical (unpaired) electrons. The Balaban J connectivity index is 2.33. The number of para-hydroxylation sites is 1. The van der Waals surface area contributed by atoms with Gasteiger partial charge >= 0.3 is 5.97 Å². The van der Waals surface area contributed by atoms with E-state index in [2.05, 4.69) is 0 Å². The molecule has 0 amide bonds. The van der Waals surface area contributed by atoms with Gasteiger partial charge < -0.3 is 15.6 Å². The van der Waals surface area contributed by atoms with E-state index in [9.17, 15) is 4.79 Å². The first-order valence-electron chi connectivity index (χ1n) is 5.55. The summed E-state index contributed by atoms with van der Waals surface area (Å²) in [5, 5.41) is 9.02. The van der Waals surface area contributed by atoms with Crippen molar-refractivity contribution in [2.24, 2.45) is 0 Å². The normalized spacial score (nSPS) is 10.2. The molecular weight excluding hydrogens is 262 g/mol. The Bertz CT molecular complexity index is 613. The van der Waals surface area contributed by atoms with Crippen LogP contribution in [0.15, 0.2) is 47.4 Å². The maximum atomic E-state index is 11.0. The van der Waals surface area contributed by atoms with Gasteiger partial charge in [-0.25, -0.2) is 4.79 Å². The highest BCUT2D eigenvalue weighted by Gasteiger charge is 2.10. The molecule has 0 saturated heterocycles. The van der Waals surface area contributed by atoms with Crippen molar-refractivity contribution in [1.82, 2.24) is 0 Å². The predicted molar refractivity (Wildman–Crippen MR) is 76.1 cm³/mol. The lowest BCUT2D eigenvalue weighted by Gasteiger charge is -2.10. The van der Waals surface area contributed by atoms with Crippen LogP contribution in [0.5, 0.6) is 11.5 Å². The largest absolute Gasteiger partial charge is 0.478 e. The fourth-order valence-electron chi connectivity index (χ4n) is 1.61. The van der Waals surface area contributed by atoms with Crippen molar-refractivity contribution >= 4 is 23.4 Å². The minimum Gasteiger partial charge on any atom is -0.478 e. The van der Waals surface area contributed by atoms with Crippen molar-refractivity contribution in [2.45, 2.75) is 4.90 Å². The highest BCUT2D eigenvalue weighted by Crippen LogP contribution is 2.32. The molecule has 0 aliphatic rings. The van der Waals surface area contributed by atoms with E-state index in [4.69, 9.17) is 15.6 Å². The topological polar surface area (TPSA) is 72.5 Å². The first-order valence-corrected chi connectivity index (χ1v) is 6.78. The van der Waals surface area contributed by atoms with E-state index in [1.165, 1.54) is 12.1 Å². The Kier molecular flexibility index (Phi) is 3.97. The van der Waals surface area contributed by atoms with Crippen LogP contribution in [0, 0.1) is 0 Å². The highest BCUT2D eigenvalue weighted by atomic mass is 32.2. The van der Waals surface area contributed by atoms with Gasteiger partial charge in [-0.3, -0.25) is 0 Å². The number of nitrogen functional groups attached to an aromatic ring is 1. The summed E-state index contributed by atoms with van der Waals surface area (Å²) < 4.78 is 5.71. The zero-order valence-corrected chi connectivity index (χ0v) is 11.1. The Labute approximate surface area is 115 Å². The van der Waals surface area contributed by atoms with Crippen LogP contribution >= 0.6 is 11.8 Å². The number of thioether (sulfide) groups is 1. The molecule has 0 bridgehead atoms. The number of anilines is 1. The molecule has 0 unspecified atom stereocenters. The number of hydrogen-bond donors (Lipinski definition) is 2. The molecule has 0 aromatic heterocycles. The number of carbonyl (C=O) groups is 1. The van der Waals surface area contributed by atoms with Crippen LogP contribution in [-0.2, 0) is 0 Å². The molecular formula is C14H13NO3S. The summed E-state index contributed by atoms with van der Waals surface area (Å²) in [7, 11) is 0. The van der Waals surface area contributed by atoms with Crippen LogP contribution in [0.2, 0.25) is 0 Å². The van der Waals surface area contributed by atoms with Gasteiger partial charge in [0.1, 0.15) is 11.5 Å². The Morgan fingerprint density at radius 3 is 2.68 bits per heavy atom. The highest BCUT2D eigenvalue weighted by molar-refractivity contribution is 7.98. The Hall–Kier alpha value is -2.14. The number of aromatic carboxylic acids is 1. The minimum absolute atomic E-state index is 0.0409. The third kappa shape index (κ3) is 3.00. The number of ether oxygens (including phenoxy) is 1. The van der Waals surface area contributed by atoms with Gasteiger partial charge in [0.05, 0.1) is 5.56 Å². The molecule has 19 heavy (non-hydrogen) atoms. The van der Waals surface area contributed by atoms with E-state index in [1.807, 2.05) is 30.5 Å². The third-order valence-electron chi connectivity index (χ3n) is 2.55. The van der Waals surface area contributed by atoms with E-state index < -0.39 is 5.97 Å². The van der Waals surface area contributed by atoms with Crippen LogP contribution in [-0.4, -0.2) is 17.3 Å². The summed E-state index contributed by atoms with van der Waals surface area (Å²) >= 11 is 1.56. The van der Waals surface area contributed by atoms with Gasteiger partial charge in [0.25, 0.3) is 0 Å². The van der Waals surface area contributed by atoms with Crippen molar-refractivity contribution in [3.05, 3.63) is 48.0 Å². The molecule has 5 heteroatoms. The number of carboxylic acid groups (broad SMARTS) is 1. The van der Waals surface area contributed by atoms with Crippen LogP contribution in [0.4, 0.5) is 5.69 Å². The maximum Gasteiger partial charge on any atom is 0.337 e.